The molecule has 2 heterocycles. The third kappa shape index (κ3) is 3.46. The van der Waals surface area contributed by atoms with E-state index in [1.165, 1.54) is 23.1 Å². The monoisotopic (exact) mass is 334 g/mol. The summed E-state index contributed by atoms with van der Waals surface area (Å²) < 4.78 is 5.28. The van der Waals surface area contributed by atoms with Crippen molar-refractivity contribution in [2.75, 3.05) is 31.1 Å². The molecule has 1 unspecified atom stereocenters. The fourth-order valence-corrected chi connectivity index (χ4v) is 2.87. The van der Waals surface area contributed by atoms with E-state index in [0.29, 0.717) is 12.3 Å². The summed E-state index contributed by atoms with van der Waals surface area (Å²) in [5.41, 5.74) is 0.0892. The number of nitrogens with one attached hydrogen (secondary N) is 2. The van der Waals surface area contributed by atoms with Gasteiger partial charge in [-0.2, -0.15) is 0 Å². The molecular formula is C15H18N4O5. The van der Waals surface area contributed by atoms with Crippen LogP contribution in [0.5, 0.6) is 5.75 Å². The molecule has 0 aliphatic carbocycles. The van der Waals surface area contributed by atoms with Gasteiger partial charge in [-0.3, -0.25) is 24.6 Å². The molecule has 2 aliphatic rings. The Morgan fingerprint density at radius 3 is 3.04 bits per heavy atom. The molecule has 1 aromatic rings. The quantitative estimate of drug-likeness (QED) is 0.600. The van der Waals surface area contributed by atoms with E-state index in [-0.39, 0.29) is 36.5 Å². The van der Waals surface area contributed by atoms with Gasteiger partial charge in [0.05, 0.1) is 10.6 Å². The molecule has 1 aromatic carbocycles. The molecule has 2 aliphatic heterocycles. The van der Waals surface area contributed by atoms with Crippen molar-refractivity contribution in [3.8, 4) is 5.75 Å². The third-order valence-corrected chi connectivity index (χ3v) is 4.06. The topological polar surface area (TPSA) is 114 Å². The van der Waals surface area contributed by atoms with Crippen LogP contribution in [0.25, 0.3) is 0 Å². The molecule has 9 nitrogen and oxygen atoms in total. The number of nitro groups is 1. The van der Waals surface area contributed by atoms with Crippen molar-refractivity contribution < 1.29 is 19.2 Å². The first-order chi connectivity index (χ1) is 11.5. The predicted octanol–water partition coefficient (Wildman–Crippen LogP) is 0.188. The van der Waals surface area contributed by atoms with Crippen LogP contribution in [0, 0.1) is 10.1 Å². The molecule has 0 radical (unpaired) electrons. The molecule has 9 heteroatoms. The number of benzene rings is 1. The number of non-ortho nitro benzene ring substituents is 1. The summed E-state index contributed by atoms with van der Waals surface area (Å²) >= 11 is 0. The Morgan fingerprint density at radius 2 is 2.33 bits per heavy atom. The van der Waals surface area contributed by atoms with Crippen LogP contribution in [0.2, 0.25) is 0 Å². The van der Waals surface area contributed by atoms with Crippen molar-refractivity contribution in [2.45, 2.75) is 18.9 Å². The normalized spacial score (nSPS) is 20.1. The number of carbonyl (C=O) groups excluding carboxylic acids is 2. The number of rotatable bonds is 4. The zero-order chi connectivity index (χ0) is 17.1. The summed E-state index contributed by atoms with van der Waals surface area (Å²) in [7, 11) is 0. The van der Waals surface area contributed by atoms with Gasteiger partial charge in [0.1, 0.15) is 12.3 Å². The number of ether oxygens (including phenoxy) is 1. The van der Waals surface area contributed by atoms with Crippen LogP contribution < -0.4 is 20.3 Å². The lowest BCUT2D eigenvalue weighted by atomic mass is 10.1. The minimum absolute atomic E-state index is 0.0342. The molecule has 1 saturated heterocycles. The lowest BCUT2D eigenvalue weighted by Gasteiger charge is -2.30. The molecule has 24 heavy (non-hydrogen) atoms. The van der Waals surface area contributed by atoms with Gasteiger partial charge >= 0.3 is 0 Å². The Kier molecular flexibility index (Phi) is 4.61. The first-order valence-electron chi connectivity index (χ1n) is 7.76. The van der Waals surface area contributed by atoms with Crippen LogP contribution in [0.15, 0.2) is 18.2 Å². The Morgan fingerprint density at radius 1 is 1.50 bits per heavy atom. The molecule has 3 rings (SSSR count). The lowest BCUT2D eigenvalue weighted by Crippen LogP contribution is -2.50. The number of nitrogens with zero attached hydrogens (tertiary/aromatic N) is 2. The second kappa shape index (κ2) is 6.83. The standard InChI is InChI=1S/C15H18N4O5/c20-14(17-10-2-1-5-16-7-10)8-18-12-6-11(19(22)23)3-4-13(12)24-9-15(18)21/h3-4,6,10,16H,1-2,5,7-9H2,(H,17,20). The number of piperidine rings is 1. The van der Waals surface area contributed by atoms with Gasteiger partial charge in [-0.25, -0.2) is 0 Å². The van der Waals surface area contributed by atoms with Gasteiger partial charge in [-0.15, -0.1) is 0 Å². The third-order valence-electron chi connectivity index (χ3n) is 4.06. The van der Waals surface area contributed by atoms with Gasteiger partial charge in [-0.05, 0) is 25.5 Å². The van der Waals surface area contributed by atoms with E-state index >= 15 is 0 Å². The van der Waals surface area contributed by atoms with Crippen molar-refractivity contribution in [3.05, 3.63) is 28.3 Å². The molecule has 0 saturated carbocycles. The van der Waals surface area contributed by atoms with Crippen molar-refractivity contribution in [3.63, 3.8) is 0 Å². The van der Waals surface area contributed by atoms with E-state index in [2.05, 4.69) is 10.6 Å². The van der Waals surface area contributed by atoms with Gasteiger partial charge in [0, 0.05) is 24.7 Å². The maximum absolute atomic E-state index is 12.2. The average molecular weight is 334 g/mol. The maximum atomic E-state index is 12.2. The van der Waals surface area contributed by atoms with Crippen molar-refractivity contribution in [2.24, 2.45) is 0 Å². The first-order valence-corrected chi connectivity index (χ1v) is 7.76. The van der Waals surface area contributed by atoms with Gasteiger partial charge in [-0.1, -0.05) is 0 Å². The molecule has 1 fully saturated rings. The zero-order valence-electron chi connectivity index (χ0n) is 13.0. The second-order valence-corrected chi connectivity index (χ2v) is 5.79. The maximum Gasteiger partial charge on any atom is 0.271 e. The minimum atomic E-state index is -0.550. The fourth-order valence-electron chi connectivity index (χ4n) is 2.87. The number of anilines is 1. The second-order valence-electron chi connectivity index (χ2n) is 5.79. The number of hydrogen-bond acceptors (Lipinski definition) is 6. The number of amides is 2. The van der Waals surface area contributed by atoms with Crippen molar-refractivity contribution in [1.82, 2.24) is 10.6 Å². The Hall–Kier alpha value is -2.68. The number of hydrogen-bond donors (Lipinski definition) is 2. The van der Waals surface area contributed by atoms with E-state index < -0.39 is 10.8 Å². The van der Waals surface area contributed by atoms with E-state index in [9.17, 15) is 19.7 Å². The molecule has 0 aromatic heterocycles. The van der Waals surface area contributed by atoms with Crippen LogP contribution in [-0.2, 0) is 9.59 Å². The summed E-state index contributed by atoms with van der Waals surface area (Å²) in [6, 6.07) is 4.03. The smallest absolute Gasteiger partial charge is 0.271 e. The van der Waals surface area contributed by atoms with Gasteiger partial charge in [0.25, 0.3) is 11.6 Å². The fraction of sp³-hybridized carbons (Fsp3) is 0.467. The average Bonchev–Trinajstić information content (AvgIpc) is 2.58. The van der Waals surface area contributed by atoms with Crippen LogP contribution in [0.1, 0.15) is 12.8 Å². The van der Waals surface area contributed by atoms with E-state index in [1.54, 1.807) is 0 Å². The highest BCUT2D eigenvalue weighted by atomic mass is 16.6. The first kappa shape index (κ1) is 16.2. The van der Waals surface area contributed by atoms with Crippen molar-refractivity contribution in [1.29, 1.82) is 0 Å². The molecule has 1 atom stereocenters. The highest BCUT2D eigenvalue weighted by molar-refractivity contribution is 6.02. The Labute approximate surface area is 138 Å². The number of nitro benzene ring substituents is 1. The summed E-state index contributed by atoms with van der Waals surface area (Å²) in [4.78, 5) is 36.0. The SMILES string of the molecule is O=C(CN1C(=O)COc2ccc([N+](=O)[O-])cc21)NC1CCCNC1. The Balaban J connectivity index is 1.75. The largest absolute Gasteiger partial charge is 0.482 e. The lowest BCUT2D eigenvalue weighted by molar-refractivity contribution is -0.384. The van der Waals surface area contributed by atoms with Crippen LogP contribution in [0.3, 0.4) is 0 Å². The number of carbonyl (C=O) groups is 2. The van der Waals surface area contributed by atoms with Crippen LogP contribution >= 0.6 is 0 Å². The summed E-state index contributed by atoms with van der Waals surface area (Å²) in [5.74, 6) is -0.344. The van der Waals surface area contributed by atoms with Crippen molar-refractivity contribution >= 4 is 23.2 Å². The van der Waals surface area contributed by atoms with Gasteiger partial charge < -0.3 is 15.4 Å². The highest BCUT2D eigenvalue weighted by Gasteiger charge is 2.29. The summed E-state index contributed by atoms with van der Waals surface area (Å²) in [6.07, 6.45) is 1.87. The van der Waals surface area contributed by atoms with Gasteiger partial charge in [0.2, 0.25) is 5.91 Å². The summed E-state index contributed by atoms with van der Waals surface area (Å²) in [5, 5.41) is 17.0. The molecule has 0 bridgehead atoms. The minimum Gasteiger partial charge on any atom is -0.482 e. The Bertz CT molecular complexity index is 672. The molecule has 2 N–H and O–H groups in total. The zero-order valence-corrected chi connectivity index (χ0v) is 13.0. The van der Waals surface area contributed by atoms with E-state index in [1.807, 2.05) is 0 Å². The molecule has 2 amide bonds. The summed E-state index contributed by atoms with van der Waals surface area (Å²) in [6.45, 7) is 1.26. The highest BCUT2D eigenvalue weighted by Crippen LogP contribution is 2.35. The van der Waals surface area contributed by atoms with Crippen LogP contribution in [-0.4, -0.2) is 49.0 Å². The molecular weight excluding hydrogens is 316 g/mol. The van der Waals surface area contributed by atoms with E-state index in [0.717, 1.165) is 19.4 Å². The number of fused-ring (bicyclic) bond motifs is 1. The predicted molar refractivity (Wildman–Crippen MR) is 85.0 cm³/mol. The van der Waals surface area contributed by atoms with E-state index in [4.69, 9.17) is 4.74 Å². The van der Waals surface area contributed by atoms with Crippen LogP contribution in [0.4, 0.5) is 11.4 Å². The van der Waals surface area contributed by atoms with Gasteiger partial charge in [0.15, 0.2) is 6.61 Å². The molecule has 128 valence electrons. The molecule has 0 spiro atoms.